The van der Waals surface area contributed by atoms with Gasteiger partial charge in [0.2, 0.25) is 10.0 Å². The minimum Gasteiger partial charge on any atom is -0.357 e. The highest BCUT2D eigenvalue weighted by molar-refractivity contribution is 7.88. The lowest BCUT2D eigenvalue weighted by Gasteiger charge is -2.32. The van der Waals surface area contributed by atoms with E-state index in [9.17, 15) is 13.2 Å². The van der Waals surface area contributed by atoms with Gasteiger partial charge < -0.3 is 15.2 Å². The molecular weight excluding hydrogens is 364 g/mol. The number of amides is 2. The summed E-state index contributed by atoms with van der Waals surface area (Å²) in [6.07, 6.45) is 3.88. The smallest absolute Gasteiger partial charge is 0.317 e. The van der Waals surface area contributed by atoms with Crippen LogP contribution in [0, 0.1) is 5.92 Å². The van der Waals surface area contributed by atoms with Crippen molar-refractivity contribution in [1.29, 1.82) is 0 Å². The molecule has 2 N–H and O–H groups in total. The van der Waals surface area contributed by atoms with Gasteiger partial charge in [-0.1, -0.05) is 18.2 Å². The number of benzene rings is 1. The normalized spacial score (nSPS) is 21.2. The van der Waals surface area contributed by atoms with Crippen molar-refractivity contribution < 1.29 is 13.2 Å². The maximum atomic E-state index is 12.6. The molecule has 0 saturated carbocycles. The van der Waals surface area contributed by atoms with Gasteiger partial charge in [-0.15, -0.1) is 0 Å². The van der Waals surface area contributed by atoms with Crippen molar-refractivity contribution in [2.75, 3.05) is 32.4 Å². The highest BCUT2D eigenvalue weighted by atomic mass is 32.2. The molecule has 2 amide bonds. The Balaban J connectivity index is 1.35. The molecule has 0 aliphatic carbocycles. The van der Waals surface area contributed by atoms with E-state index in [0.717, 1.165) is 30.5 Å². The number of nitrogens with zero attached hydrogens (tertiary/aromatic N) is 2. The first-order valence-electron chi connectivity index (χ1n) is 9.48. The van der Waals surface area contributed by atoms with Crippen LogP contribution in [-0.4, -0.2) is 61.1 Å². The highest BCUT2D eigenvalue weighted by Gasteiger charge is 2.28. The van der Waals surface area contributed by atoms with Crippen molar-refractivity contribution in [3.63, 3.8) is 0 Å². The zero-order valence-corrected chi connectivity index (χ0v) is 16.4. The van der Waals surface area contributed by atoms with Crippen molar-refractivity contribution in [3.8, 4) is 0 Å². The number of aromatic amines is 1. The van der Waals surface area contributed by atoms with Crippen LogP contribution in [0.3, 0.4) is 0 Å². The number of aromatic nitrogens is 1. The fourth-order valence-electron chi connectivity index (χ4n) is 4.20. The number of carbonyl (C=O) groups is 1. The maximum absolute atomic E-state index is 12.6. The number of hydrogen-bond acceptors (Lipinski definition) is 3. The van der Waals surface area contributed by atoms with Crippen molar-refractivity contribution in [1.82, 2.24) is 19.5 Å². The summed E-state index contributed by atoms with van der Waals surface area (Å²) in [5.74, 6) is 0.172. The zero-order valence-electron chi connectivity index (χ0n) is 15.6. The third-order valence-electron chi connectivity index (χ3n) is 5.66. The largest absolute Gasteiger partial charge is 0.357 e. The van der Waals surface area contributed by atoms with Gasteiger partial charge in [-0.05, 0) is 36.8 Å². The first-order valence-corrected chi connectivity index (χ1v) is 11.3. The topological polar surface area (TPSA) is 85.5 Å². The second-order valence-corrected chi connectivity index (χ2v) is 9.60. The first kappa shape index (κ1) is 18.3. The number of urea groups is 1. The summed E-state index contributed by atoms with van der Waals surface area (Å²) in [6.45, 7) is 2.86. The first-order chi connectivity index (χ1) is 12.9. The molecule has 0 spiro atoms. The highest BCUT2D eigenvalue weighted by Crippen LogP contribution is 2.27. The van der Waals surface area contributed by atoms with E-state index in [0.29, 0.717) is 32.7 Å². The molecule has 0 radical (unpaired) electrons. The summed E-state index contributed by atoms with van der Waals surface area (Å²) in [5, 5.41) is 4.26. The summed E-state index contributed by atoms with van der Waals surface area (Å²) in [6, 6.07) is 8.17. The van der Waals surface area contributed by atoms with E-state index in [4.69, 9.17) is 0 Å². The van der Waals surface area contributed by atoms with Gasteiger partial charge in [0.05, 0.1) is 12.8 Å². The molecule has 27 heavy (non-hydrogen) atoms. The molecule has 1 fully saturated rings. The Bertz CT molecular complexity index is 953. The predicted octanol–water partition coefficient (Wildman–Crippen LogP) is 1.91. The number of fused-ring (bicyclic) bond motifs is 3. The average molecular weight is 391 g/mol. The third-order valence-corrected chi connectivity index (χ3v) is 6.93. The molecule has 1 atom stereocenters. The van der Waals surface area contributed by atoms with Gasteiger partial charge in [-0.2, -0.15) is 0 Å². The van der Waals surface area contributed by atoms with Crippen molar-refractivity contribution in [2.24, 2.45) is 5.92 Å². The van der Waals surface area contributed by atoms with Crippen LogP contribution in [0.5, 0.6) is 0 Å². The molecule has 1 unspecified atom stereocenters. The fraction of sp³-hybridized carbons (Fsp3) is 0.526. The van der Waals surface area contributed by atoms with Crippen LogP contribution in [0.4, 0.5) is 4.79 Å². The molecule has 2 aliphatic heterocycles. The number of para-hydroxylation sites is 1. The van der Waals surface area contributed by atoms with E-state index in [-0.39, 0.29) is 11.9 Å². The minimum atomic E-state index is -3.16. The molecule has 0 bridgehead atoms. The zero-order chi connectivity index (χ0) is 19.0. The van der Waals surface area contributed by atoms with Gasteiger partial charge in [-0.25, -0.2) is 17.5 Å². The van der Waals surface area contributed by atoms with Crippen molar-refractivity contribution in [2.45, 2.75) is 25.8 Å². The van der Waals surface area contributed by atoms with E-state index in [2.05, 4.69) is 22.4 Å². The lowest BCUT2D eigenvalue weighted by atomic mass is 10.00. The Morgan fingerprint density at radius 2 is 2.11 bits per heavy atom. The van der Waals surface area contributed by atoms with Crippen molar-refractivity contribution >= 4 is 27.0 Å². The lowest BCUT2D eigenvalue weighted by molar-refractivity contribution is 0.186. The average Bonchev–Trinajstić information content (AvgIpc) is 3.03. The predicted molar refractivity (Wildman–Crippen MR) is 105 cm³/mol. The van der Waals surface area contributed by atoms with E-state index in [1.165, 1.54) is 21.5 Å². The summed E-state index contributed by atoms with van der Waals surface area (Å²) < 4.78 is 25.0. The molecule has 1 aromatic carbocycles. The van der Waals surface area contributed by atoms with Gasteiger partial charge >= 0.3 is 6.03 Å². The second kappa shape index (κ2) is 7.16. The van der Waals surface area contributed by atoms with Crippen molar-refractivity contribution in [3.05, 3.63) is 35.5 Å². The van der Waals surface area contributed by atoms with Crippen LogP contribution in [-0.2, 0) is 23.0 Å². The van der Waals surface area contributed by atoms with Crippen LogP contribution in [0.25, 0.3) is 10.9 Å². The van der Waals surface area contributed by atoms with Crippen LogP contribution < -0.4 is 5.32 Å². The maximum Gasteiger partial charge on any atom is 0.317 e. The molecule has 3 heterocycles. The van der Waals surface area contributed by atoms with E-state index >= 15 is 0 Å². The van der Waals surface area contributed by atoms with Gasteiger partial charge in [0.25, 0.3) is 0 Å². The van der Waals surface area contributed by atoms with E-state index in [1.54, 1.807) is 0 Å². The van der Waals surface area contributed by atoms with Gasteiger partial charge in [-0.3, -0.25) is 0 Å². The number of piperidine rings is 1. The molecule has 7 nitrogen and oxygen atoms in total. The number of nitrogens with one attached hydrogen (secondary N) is 2. The Kier molecular flexibility index (Phi) is 4.86. The fourth-order valence-corrected chi connectivity index (χ4v) is 5.15. The van der Waals surface area contributed by atoms with Crippen LogP contribution in [0.15, 0.2) is 24.3 Å². The Hall–Kier alpha value is -2.06. The third kappa shape index (κ3) is 3.82. The molecule has 2 aromatic rings. The quantitative estimate of drug-likeness (QED) is 0.839. The summed E-state index contributed by atoms with van der Waals surface area (Å²) in [5.41, 5.74) is 3.54. The number of hydrogen-bond donors (Lipinski definition) is 2. The Morgan fingerprint density at radius 3 is 2.93 bits per heavy atom. The van der Waals surface area contributed by atoms with Gasteiger partial charge in [0.1, 0.15) is 0 Å². The number of carbonyl (C=O) groups excluding carboxylic acids is 1. The van der Waals surface area contributed by atoms with Gasteiger partial charge in [0.15, 0.2) is 0 Å². The molecule has 4 rings (SSSR count). The second-order valence-electron chi connectivity index (χ2n) is 7.61. The summed E-state index contributed by atoms with van der Waals surface area (Å²) >= 11 is 0. The Morgan fingerprint density at radius 1 is 1.30 bits per heavy atom. The number of rotatable bonds is 3. The van der Waals surface area contributed by atoms with E-state index < -0.39 is 10.0 Å². The van der Waals surface area contributed by atoms with Crippen LogP contribution >= 0.6 is 0 Å². The van der Waals surface area contributed by atoms with Crippen LogP contribution in [0.2, 0.25) is 0 Å². The lowest BCUT2D eigenvalue weighted by Crippen LogP contribution is -2.47. The monoisotopic (exact) mass is 390 g/mol. The Labute approximate surface area is 159 Å². The molecular formula is C19H26N4O3S. The summed E-state index contributed by atoms with van der Waals surface area (Å²) in [7, 11) is -3.16. The minimum absolute atomic E-state index is 0.0733. The van der Waals surface area contributed by atoms with Crippen LogP contribution in [0.1, 0.15) is 24.1 Å². The van der Waals surface area contributed by atoms with Gasteiger partial charge in [0, 0.05) is 42.8 Å². The molecule has 146 valence electrons. The summed E-state index contributed by atoms with van der Waals surface area (Å²) in [4.78, 5) is 17.9. The molecule has 2 aliphatic rings. The van der Waals surface area contributed by atoms with E-state index in [1.807, 2.05) is 17.0 Å². The number of H-pyrrole nitrogens is 1. The molecule has 8 heteroatoms. The number of sulfonamides is 1. The standard InChI is InChI=1S/C19H26N4O3S/c1-27(25,26)23-9-4-5-14(12-23)11-20-19(24)22-10-8-16-15-6-2-3-7-17(15)21-18(16)13-22/h2-3,6-7,14,21H,4-5,8-13H2,1H3,(H,20,24). The SMILES string of the molecule is CS(=O)(=O)N1CCCC(CNC(=O)N2CCc3c([nH]c4ccccc34)C2)C1. The molecule has 1 aromatic heterocycles. The molecule has 1 saturated heterocycles.